The highest BCUT2D eigenvalue weighted by Crippen LogP contribution is 2.59. The van der Waals surface area contributed by atoms with Gasteiger partial charge in [0.25, 0.3) is 0 Å². The summed E-state index contributed by atoms with van der Waals surface area (Å²) in [6, 6.07) is 0. The summed E-state index contributed by atoms with van der Waals surface area (Å²) in [5, 5.41) is 0. The Morgan fingerprint density at radius 2 is 1.38 bits per heavy atom. The van der Waals surface area contributed by atoms with Gasteiger partial charge in [0.2, 0.25) is 0 Å². The lowest BCUT2D eigenvalue weighted by atomic mass is 9.50. The van der Waals surface area contributed by atoms with Gasteiger partial charge in [-0.3, -0.25) is 0 Å². The summed E-state index contributed by atoms with van der Waals surface area (Å²) in [4.78, 5) is 2.71. The zero-order valence-corrected chi connectivity index (χ0v) is 17.1. The molecule has 0 aromatic carbocycles. The van der Waals surface area contributed by atoms with Gasteiger partial charge in [-0.15, -0.1) is 0 Å². The summed E-state index contributed by atoms with van der Waals surface area (Å²) >= 11 is 0. The van der Waals surface area contributed by atoms with Crippen molar-refractivity contribution in [2.45, 2.75) is 60.3 Å². The molecule has 2 nitrogen and oxygen atoms in total. The van der Waals surface area contributed by atoms with Crippen LogP contribution in [0.25, 0.3) is 0 Å². The van der Waals surface area contributed by atoms with E-state index in [1.165, 1.54) is 63.1 Å². The molecular formula is C22H43N2+. The lowest BCUT2D eigenvalue weighted by Crippen LogP contribution is -2.53. The number of likely N-dealkylation sites (tertiary alicyclic amines) is 1. The van der Waals surface area contributed by atoms with Crippen LogP contribution in [0.1, 0.15) is 60.3 Å². The van der Waals surface area contributed by atoms with Gasteiger partial charge < -0.3 is 9.38 Å². The standard InChI is InChI=1S/C22H43N2/c1-6-13-24(10-5)15-21-18-11-12-19(22(21)16-24)20(17(18)7-2)14-23(8-3)9-4/h17-22H,6-16H2,1-5H3/q+1. The topological polar surface area (TPSA) is 3.24 Å². The molecule has 3 saturated carbocycles. The molecule has 4 fully saturated rings. The Morgan fingerprint density at radius 3 is 1.83 bits per heavy atom. The van der Waals surface area contributed by atoms with Gasteiger partial charge in [-0.1, -0.05) is 34.1 Å². The number of nitrogens with zero attached hydrogens (tertiary/aromatic N) is 2. The summed E-state index contributed by atoms with van der Waals surface area (Å²) < 4.78 is 1.45. The molecule has 4 aliphatic rings. The van der Waals surface area contributed by atoms with E-state index in [1.807, 2.05) is 0 Å². The Bertz CT molecular complexity index is 405. The molecule has 24 heavy (non-hydrogen) atoms. The molecule has 4 rings (SSSR count). The zero-order valence-electron chi connectivity index (χ0n) is 17.1. The Balaban J connectivity index is 1.82. The van der Waals surface area contributed by atoms with E-state index in [0.717, 1.165) is 35.5 Å². The van der Waals surface area contributed by atoms with E-state index in [-0.39, 0.29) is 0 Å². The summed E-state index contributed by atoms with van der Waals surface area (Å²) in [6.45, 7) is 21.7. The molecule has 1 saturated heterocycles. The Hall–Kier alpha value is -0.0800. The van der Waals surface area contributed by atoms with Crippen LogP contribution in [0.2, 0.25) is 0 Å². The predicted molar refractivity (Wildman–Crippen MR) is 104 cm³/mol. The fraction of sp³-hybridized carbons (Fsp3) is 1.00. The molecule has 0 radical (unpaired) electrons. The average molecular weight is 336 g/mol. The second-order valence-electron chi connectivity index (χ2n) is 9.20. The molecule has 2 bridgehead atoms. The van der Waals surface area contributed by atoms with Gasteiger partial charge in [0.05, 0.1) is 26.2 Å². The van der Waals surface area contributed by atoms with Gasteiger partial charge in [-0.05, 0) is 62.9 Å². The van der Waals surface area contributed by atoms with Crippen LogP contribution in [0, 0.1) is 35.5 Å². The van der Waals surface area contributed by atoms with Crippen LogP contribution in [0.5, 0.6) is 0 Å². The molecule has 0 aromatic heterocycles. The number of rotatable bonds is 8. The molecule has 0 amide bonds. The second-order valence-corrected chi connectivity index (χ2v) is 9.20. The molecule has 7 atom stereocenters. The van der Waals surface area contributed by atoms with E-state index in [0.29, 0.717) is 0 Å². The Kier molecular flexibility index (Phi) is 5.97. The van der Waals surface area contributed by atoms with Crippen molar-refractivity contribution in [3.05, 3.63) is 0 Å². The highest BCUT2D eigenvalue weighted by atomic mass is 15.4. The van der Waals surface area contributed by atoms with E-state index < -0.39 is 0 Å². The fourth-order valence-corrected chi connectivity index (χ4v) is 7.39. The molecule has 7 unspecified atom stereocenters. The van der Waals surface area contributed by atoms with Crippen LogP contribution >= 0.6 is 0 Å². The van der Waals surface area contributed by atoms with Crippen LogP contribution in [-0.2, 0) is 0 Å². The van der Waals surface area contributed by atoms with Crippen molar-refractivity contribution < 1.29 is 4.48 Å². The van der Waals surface area contributed by atoms with Crippen molar-refractivity contribution in [3.8, 4) is 0 Å². The SMILES string of the molecule is CCC[N+]1(CC)CC2C3CCC(C(CN(CC)CC)C3CC)C2C1. The van der Waals surface area contributed by atoms with Crippen molar-refractivity contribution in [2.24, 2.45) is 35.5 Å². The number of quaternary nitrogens is 1. The third-order valence-corrected chi connectivity index (χ3v) is 8.53. The zero-order chi connectivity index (χ0) is 17.3. The van der Waals surface area contributed by atoms with Gasteiger partial charge in [-0.2, -0.15) is 0 Å². The first kappa shape index (κ1) is 18.7. The maximum atomic E-state index is 2.71. The van der Waals surface area contributed by atoms with Crippen molar-refractivity contribution in [1.29, 1.82) is 0 Å². The largest absolute Gasteiger partial charge is 0.323 e. The number of hydrogen-bond acceptors (Lipinski definition) is 1. The minimum Gasteiger partial charge on any atom is -0.323 e. The molecule has 0 spiro atoms. The lowest BCUT2D eigenvalue weighted by molar-refractivity contribution is -0.918. The summed E-state index contributed by atoms with van der Waals surface area (Å²) in [5.41, 5.74) is 0. The first-order valence-electron chi connectivity index (χ1n) is 11.2. The highest BCUT2D eigenvalue weighted by molar-refractivity contribution is 5.03. The molecule has 140 valence electrons. The third-order valence-electron chi connectivity index (χ3n) is 8.53. The summed E-state index contributed by atoms with van der Waals surface area (Å²) in [5.74, 6) is 6.21. The summed E-state index contributed by atoms with van der Waals surface area (Å²) in [6.07, 6.45) is 5.89. The molecule has 2 heteroatoms. The quantitative estimate of drug-likeness (QED) is 0.590. The molecular weight excluding hydrogens is 292 g/mol. The minimum absolute atomic E-state index is 0.994. The van der Waals surface area contributed by atoms with E-state index in [9.17, 15) is 0 Å². The molecule has 1 aliphatic heterocycles. The average Bonchev–Trinajstić information content (AvgIpc) is 3.01. The van der Waals surface area contributed by atoms with Crippen LogP contribution in [0.3, 0.4) is 0 Å². The van der Waals surface area contributed by atoms with E-state index >= 15 is 0 Å². The van der Waals surface area contributed by atoms with Crippen LogP contribution in [-0.4, -0.2) is 55.2 Å². The van der Waals surface area contributed by atoms with Crippen molar-refractivity contribution in [3.63, 3.8) is 0 Å². The van der Waals surface area contributed by atoms with E-state index in [4.69, 9.17) is 0 Å². The van der Waals surface area contributed by atoms with Gasteiger partial charge >= 0.3 is 0 Å². The number of hydrogen-bond donors (Lipinski definition) is 0. The van der Waals surface area contributed by atoms with E-state index in [2.05, 4.69) is 39.5 Å². The van der Waals surface area contributed by atoms with E-state index in [1.54, 1.807) is 12.8 Å². The first-order valence-corrected chi connectivity index (χ1v) is 11.2. The lowest BCUT2D eigenvalue weighted by Gasteiger charge is -2.54. The Labute approximate surface area is 151 Å². The van der Waals surface area contributed by atoms with Crippen LogP contribution in [0.15, 0.2) is 0 Å². The molecule has 1 heterocycles. The third kappa shape index (κ3) is 3.07. The Morgan fingerprint density at radius 1 is 0.792 bits per heavy atom. The predicted octanol–water partition coefficient (Wildman–Crippen LogP) is 4.50. The molecule has 3 aliphatic carbocycles. The second kappa shape index (κ2) is 7.66. The summed E-state index contributed by atoms with van der Waals surface area (Å²) in [7, 11) is 0. The van der Waals surface area contributed by atoms with Gasteiger partial charge in [0.15, 0.2) is 0 Å². The van der Waals surface area contributed by atoms with Crippen molar-refractivity contribution in [1.82, 2.24) is 4.90 Å². The maximum absolute atomic E-state index is 2.71. The van der Waals surface area contributed by atoms with Gasteiger partial charge in [0, 0.05) is 18.4 Å². The maximum Gasteiger partial charge on any atom is 0.0823 e. The van der Waals surface area contributed by atoms with Gasteiger partial charge in [0.1, 0.15) is 0 Å². The van der Waals surface area contributed by atoms with Gasteiger partial charge in [-0.25, -0.2) is 0 Å². The fourth-order valence-electron chi connectivity index (χ4n) is 7.39. The molecule has 0 N–H and O–H groups in total. The number of fused-ring (bicyclic) bond motifs is 2. The van der Waals surface area contributed by atoms with Crippen LogP contribution < -0.4 is 0 Å². The minimum atomic E-state index is 0.994. The molecule has 0 aromatic rings. The highest BCUT2D eigenvalue weighted by Gasteiger charge is 2.60. The first-order chi connectivity index (χ1) is 11.6. The monoisotopic (exact) mass is 335 g/mol. The van der Waals surface area contributed by atoms with Crippen LogP contribution in [0.4, 0.5) is 0 Å². The van der Waals surface area contributed by atoms with Crippen molar-refractivity contribution in [2.75, 3.05) is 45.8 Å². The smallest absolute Gasteiger partial charge is 0.0823 e. The normalized spacial score (nSPS) is 44.2. The van der Waals surface area contributed by atoms with Crippen molar-refractivity contribution >= 4 is 0 Å².